The summed E-state index contributed by atoms with van der Waals surface area (Å²) in [5.74, 6) is -0.0324. The highest BCUT2D eigenvalue weighted by atomic mass is 32.2. The topological polar surface area (TPSA) is 113 Å². The fourth-order valence-electron chi connectivity index (χ4n) is 2.71. The molecule has 0 saturated carbocycles. The van der Waals surface area contributed by atoms with Crippen molar-refractivity contribution in [2.24, 2.45) is 0 Å². The molecule has 0 aliphatic carbocycles. The maximum Gasteiger partial charge on any atom is 0.243 e. The Kier molecular flexibility index (Phi) is 8.18. The summed E-state index contributed by atoms with van der Waals surface area (Å²) in [6, 6.07) is 13.5. The van der Waals surface area contributed by atoms with Crippen molar-refractivity contribution in [2.75, 3.05) is 40.6 Å². The van der Waals surface area contributed by atoms with Gasteiger partial charge in [0.2, 0.25) is 26.0 Å². The van der Waals surface area contributed by atoms with Crippen LogP contribution in [0.25, 0.3) is 0 Å². The molecule has 0 radical (unpaired) electrons. The maximum absolute atomic E-state index is 12.7. The first-order chi connectivity index (χ1) is 14.4. The number of sulfonamides is 2. The lowest BCUT2D eigenvalue weighted by Crippen LogP contribution is -2.42. The molecule has 9 nitrogen and oxygen atoms in total. The van der Waals surface area contributed by atoms with Gasteiger partial charge in [0, 0.05) is 21.1 Å². The van der Waals surface area contributed by atoms with Crippen molar-refractivity contribution >= 4 is 26.0 Å². The van der Waals surface area contributed by atoms with Gasteiger partial charge in [0.15, 0.2) is 0 Å². The van der Waals surface area contributed by atoms with Gasteiger partial charge in [-0.05, 0) is 29.8 Å². The smallest absolute Gasteiger partial charge is 0.243 e. The minimum Gasteiger partial charge on any atom is -0.492 e. The number of likely N-dealkylation sites (N-methyl/N-ethyl adjacent to an activating group) is 1. The number of nitrogens with zero attached hydrogens (tertiary/aromatic N) is 2. The maximum atomic E-state index is 12.7. The predicted molar refractivity (Wildman–Crippen MR) is 118 cm³/mol. The number of ether oxygens (including phenoxy) is 1. The van der Waals surface area contributed by atoms with E-state index in [9.17, 15) is 21.6 Å². The molecular formula is C20H27N3O6S2. The highest BCUT2D eigenvalue weighted by Crippen LogP contribution is 2.22. The largest absolute Gasteiger partial charge is 0.492 e. The molecule has 0 aromatic heterocycles. The molecule has 2 aromatic carbocycles. The third-order valence-corrected chi connectivity index (χ3v) is 7.61. The van der Waals surface area contributed by atoms with Crippen LogP contribution in [0.2, 0.25) is 0 Å². The summed E-state index contributed by atoms with van der Waals surface area (Å²) in [4.78, 5) is 12.9. The number of amides is 1. The quantitative estimate of drug-likeness (QED) is 0.521. The number of hydrogen-bond acceptors (Lipinski definition) is 6. The van der Waals surface area contributed by atoms with Gasteiger partial charge in [-0.2, -0.15) is 4.31 Å². The molecule has 2 rings (SSSR count). The summed E-state index contributed by atoms with van der Waals surface area (Å²) in [7, 11) is -2.87. The number of nitrogens with one attached hydrogen (secondary N) is 1. The summed E-state index contributed by atoms with van der Waals surface area (Å²) in [6.07, 6.45) is 1.04. The van der Waals surface area contributed by atoms with Gasteiger partial charge in [-0.3, -0.25) is 4.79 Å². The van der Waals surface area contributed by atoms with E-state index < -0.39 is 32.0 Å². The van der Waals surface area contributed by atoms with Crippen LogP contribution < -0.4 is 10.1 Å². The highest BCUT2D eigenvalue weighted by Gasteiger charge is 2.30. The lowest BCUT2D eigenvalue weighted by Gasteiger charge is -2.25. The molecule has 0 fully saturated rings. The molecule has 2 aromatic rings. The van der Waals surface area contributed by atoms with Gasteiger partial charge in [-0.25, -0.2) is 21.1 Å². The van der Waals surface area contributed by atoms with Crippen LogP contribution in [0.4, 0.5) is 0 Å². The van der Waals surface area contributed by atoms with Gasteiger partial charge in [-0.15, -0.1) is 0 Å². The summed E-state index contributed by atoms with van der Waals surface area (Å²) < 4.78 is 55.8. The van der Waals surface area contributed by atoms with Gasteiger partial charge in [0.05, 0.1) is 17.7 Å². The van der Waals surface area contributed by atoms with Crippen molar-refractivity contribution < 1.29 is 26.4 Å². The molecule has 1 atom stereocenters. The van der Waals surface area contributed by atoms with Crippen molar-refractivity contribution in [3.63, 3.8) is 0 Å². The highest BCUT2D eigenvalue weighted by molar-refractivity contribution is 7.89. The van der Waals surface area contributed by atoms with E-state index in [0.29, 0.717) is 11.3 Å². The number of benzene rings is 2. The van der Waals surface area contributed by atoms with E-state index in [1.54, 1.807) is 30.3 Å². The normalized spacial score (nSPS) is 13.2. The Hall–Kier alpha value is -2.47. The molecular weight excluding hydrogens is 442 g/mol. The van der Waals surface area contributed by atoms with Crippen molar-refractivity contribution in [3.05, 3.63) is 60.2 Å². The van der Waals surface area contributed by atoms with Crippen LogP contribution in [0.5, 0.6) is 5.75 Å². The second kappa shape index (κ2) is 10.2. The predicted octanol–water partition coefficient (Wildman–Crippen LogP) is 1.06. The first-order valence-electron chi connectivity index (χ1n) is 9.35. The third-order valence-electron chi connectivity index (χ3n) is 4.52. The van der Waals surface area contributed by atoms with Crippen LogP contribution in [-0.2, 0) is 24.8 Å². The van der Waals surface area contributed by atoms with Gasteiger partial charge < -0.3 is 10.1 Å². The number of carbonyl (C=O) groups is 1. The summed E-state index contributed by atoms with van der Waals surface area (Å²) in [5, 5.41) is 2.68. The molecule has 11 heteroatoms. The fraction of sp³-hybridized carbons (Fsp3) is 0.350. The Morgan fingerprint density at radius 1 is 0.968 bits per heavy atom. The van der Waals surface area contributed by atoms with E-state index in [1.807, 2.05) is 0 Å². The van der Waals surface area contributed by atoms with Crippen molar-refractivity contribution in [3.8, 4) is 5.75 Å². The van der Waals surface area contributed by atoms with Crippen LogP contribution >= 0.6 is 0 Å². The molecule has 0 aliphatic rings. The second-order valence-corrected chi connectivity index (χ2v) is 11.2. The first-order valence-corrected chi connectivity index (χ1v) is 12.6. The summed E-state index contributed by atoms with van der Waals surface area (Å²) in [5.41, 5.74) is 0.548. The van der Waals surface area contributed by atoms with Gasteiger partial charge in [-0.1, -0.05) is 30.3 Å². The van der Waals surface area contributed by atoms with Crippen LogP contribution in [0.1, 0.15) is 11.6 Å². The SMILES string of the molecule is CN([C@@H](C(=O)NCCOc1ccc(S(=O)(=O)N(C)C)cc1)c1ccccc1)S(C)(=O)=O. The zero-order chi connectivity index (χ0) is 23.2. The van der Waals surface area contributed by atoms with E-state index >= 15 is 0 Å². The molecule has 170 valence electrons. The molecule has 31 heavy (non-hydrogen) atoms. The summed E-state index contributed by atoms with van der Waals surface area (Å²) in [6.45, 7) is 0.257. The van der Waals surface area contributed by atoms with E-state index in [4.69, 9.17) is 4.74 Å². The lowest BCUT2D eigenvalue weighted by atomic mass is 10.1. The van der Waals surface area contributed by atoms with Crippen molar-refractivity contribution in [1.29, 1.82) is 0 Å². The minimum atomic E-state index is -3.60. The molecule has 0 spiro atoms. The van der Waals surface area contributed by atoms with Gasteiger partial charge in [0.1, 0.15) is 18.4 Å². The average molecular weight is 470 g/mol. The minimum absolute atomic E-state index is 0.121. The van der Waals surface area contributed by atoms with Crippen molar-refractivity contribution in [1.82, 2.24) is 13.9 Å². The Bertz CT molecular complexity index is 1090. The molecule has 1 amide bonds. The second-order valence-electron chi connectivity index (χ2n) is 6.99. The molecule has 1 N–H and O–H groups in total. The van der Waals surface area contributed by atoms with Gasteiger partial charge in [0.25, 0.3) is 0 Å². The van der Waals surface area contributed by atoms with Crippen molar-refractivity contribution in [2.45, 2.75) is 10.9 Å². The van der Waals surface area contributed by atoms with Gasteiger partial charge >= 0.3 is 0 Å². The van der Waals surface area contributed by atoms with E-state index in [1.165, 1.54) is 45.4 Å². The Labute approximate surface area is 183 Å². The molecule has 0 aliphatic heterocycles. The van der Waals surface area contributed by atoms with E-state index in [2.05, 4.69) is 5.32 Å². The van der Waals surface area contributed by atoms with Crippen LogP contribution in [-0.4, -0.2) is 71.9 Å². The third kappa shape index (κ3) is 6.50. The van der Waals surface area contributed by atoms with Crippen LogP contribution in [0, 0.1) is 0 Å². The standard InChI is InChI=1S/C20H27N3O6S2/c1-22(2)31(27,28)18-12-10-17(11-13-18)29-15-14-21-20(24)19(23(3)30(4,25)26)16-8-6-5-7-9-16/h5-13,19H,14-15H2,1-4H3,(H,21,24)/t19-/m1/s1. The number of carbonyl (C=O) groups excluding carboxylic acids is 1. The Morgan fingerprint density at radius 3 is 2.06 bits per heavy atom. The zero-order valence-corrected chi connectivity index (χ0v) is 19.5. The lowest BCUT2D eigenvalue weighted by molar-refractivity contribution is -0.124. The number of rotatable bonds is 10. The van der Waals surface area contributed by atoms with Crippen LogP contribution in [0.3, 0.4) is 0 Å². The number of hydrogen-bond donors (Lipinski definition) is 1. The molecule has 0 unspecified atom stereocenters. The fourth-order valence-corrected chi connectivity index (χ4v) is 4.21. The zero-order valence-electron chi connectivity index (χ0n) is 17.8. The summed E-state index contributed by atoms with van der Waals surface area (Å²) >= 11 is 0. The monoisotopic (exact) mass is 469 g/mol. The molecule has 0 heterocycles. The first kappa shape index (κ1) is 24.8. The van der Waals surface area contributed by atoms with E-state index in [-0.39, 0.29) is 18.0 Å². The van der Waals surface area contributed by atoms with Crippen LogP contribution in [0.15, 0.2) is 59.5 Å². The Balaban J connectivity index is 1.98. The average Bonchev–Trinajstić information content (AvgIpc) is 2.71. The molecule has 0 saturated heterocycles. The van der Waals surface area contributed by atoms with E-state index in [0.717, 1.165) is 14.9 Å². The Morgan fingerprint density at radius 2 is 1.55 bits per heavy atom. The molecule has 0 bridgehead atoms.